The second-order valence-corrected chi connectivity index (χ2v) is 4.45. The predicted molar refractivity (Wildman–Crippen MR) is 54.1 cm³/mol. The highest BCUT2D eigenvalue weighted by Crippen LogP contribution is 2.20. The van der Waals surface area contributed by atoms with Crippen molar-refractivity contribution in [3.8, 4) is 0 Å². The molecule has 72 valence electrons. The molecule has 0 aromatic heterocycles. The highest BCUT2D eigenvalue weighted by molar-refractivity contribution is 4.67. The standard InChI is InChI=1S/C11H23N/c1-10-7-5-3-2-4-6-8-11(12)9-10/h10-11H,2-9,12H2,1H3. The average Bonchev–Trinajstić information content (AvgIpc) is 2.02. The summed E-state index contributed by atoms with van der Waals surface area (Å²) in [6.07, 6.45) is 11.0. The Morgan fingerprint density at radius 1 is 0.917 bits per heavy atom. The fourth-order valence-corrected chi connectivity index (χ4v) is 2.18. The molecule has 0 radical (unpaired) electrons. The minimum atomic E-state index is 0.484. The average molecular weight is 169 g/mol. The van der Waals surface area contributed by atoms with Crippen LogP contribution in [0.15, 0.2) is 0 Å². The van der Waals surface area contributed by atoms with Gasteiger partial charge in [0.15, 0.2) is 0 Å². The molecule has 1 rings (SSSR count). The van der Waals surface area contributed by atoms with Gasteiger partial charge in [-0.2, -0.15) is 0 Å². The first kappa shape index (κ1) is 10.0. The SMILES string of the molecule is CC1CCCCCCCC(N)C1. The van der Waals surface area contributed by atoms with Crippen LogP contribution in [0.4, 0.5) is 0 Å². The summed E-state index contributed by atoms with van der Waals surface area (Å²) >= 11 is 0. The van der Waals surface area contributed by atoms with Crippen LogP contribution in [0.3, 0.4) is 0 Å². The molecule has 2 unspecified atom stereocenters. The first-order chi connectivity index (χ1) is 5.79. The molecule has 1 aliphatic rings. The Labute approximate surface area is 76.7 Å². The van der Waals surface area contributed by atoms with Crippen LogP contribution in [0.2, 0.25) is 0 Å². The Hall–Kier alpha value is -0.0400. The van der Waals surface area contributed by atoms with Gasteiger partial charge in [-0.3, -0.25) is 0 Å². The molecule has 0 aromatic carbocycles. The summed E-state index contributed by atoms with van der Waals surface area (Å²) in [5, 5.41) is 0. The van der Waals surface area contributed by atoms with Crippen molar-refractivity contribution >= 4 is 0 Å². The van der Waals surface area contributed by atoms with Crippen LogP contribution in [0.1, 0.15) is 58.3 Å². The zero-order chi connectivity index (χ0) is 8.81. The Bertz CT molecular complexity index is 99.6. The molecule has 1 saturated carbocycles. The highest BCUT2D eigenvalue weighted by atomic mass is 14.6. The van der Waals surface area contributed by atoms with Crippen molar-refractivity contribution in [2.45, 2.75) is 64.3 Å². The van der Waals surface area contributed by atoms with E-state index in [4.69, 9.17) is 5.73 Å². The van der Waals surface area contributed by atoms with E-state index >= 15 is 0 Å². The number of rotatable bonds is 0. The fraction of sp³-hybridized carbons (Fsp3) is 1.00. The lowest BCUT2D eigenvalue weighted by molar-refractivity contribution is 0.381. The highest BCUT2D eigenvalue weighted by Gasteiger charge is 2.10. The predicted octanol–water partition coefficient (Wildman–Crippen LogP) is 3.08. The van der Waals surface area contributed by atoms with Crippen molar-refractivity contribution in [1.29, 1.82) is 0 Å². The second-order valence-electron chi connectivity index (χ2n) is 4.45. The monoisotopic (exact) mass is 169 g/mol. The van der Waals surface area contributed by atoms with Crippen molar-refractivity contribution in [2.24, 2.45) is 11.7 Å². The molecule has 2 N–H and O–H groups in total. The molecule has 0 saturated heterocycles. The fourth-order valence-electron chi connectivity index (χ4n) is 2.18. The van der Waals surface area contributed by atoms with Gasteiger partial charge in [0, 0.05) is 6.04 Å². The Morgan fingerprint density at radius 2 is 1.50 bits per heavy atom. The number of nitrogens with two attached hydrogens (primary N) is 1. The molecule has 0 aliphatic heterocycles. The Morgan fingerprint density at radius 3 is 2.25 bits per heavy atom. The molecule has 1 heteroatoms. The van der Waals surface area contributed by atoms with Crippen molar-refractivity contribution in [3.05, 3.63) is 0 Å². The zero-order valence-electron chi connectivity index (χ0n) is 8.39. The van der Waals surface area contributed by atoms with Crippen LogP contribution in [-0.4, -0.2) is 6.04 Å². The summed E-state index contributed by atoms with van der Waals surface area (Å²) in [4.78, 5) is 0. The van der Waals surface area contributed by atoms with E-state index in [1.54, 1.807) is 0 Å². The summed E-state index contributed by atoms with van der Waals surface area (Å²) in [7, 11) is 0. The molecule has 1 aliphatic carbocycles. The minimum absolute atomic E-state index is 0.484. The van der Waals surface area contributed by atoms with Crippen molar-refractivity contribution in [2.75, 3.05) is 0 Å². The van der Waals surface area contributed by atoms with Gasteiger partial charge in [0.05, 0.1) is 0 Å². The van der Waals surface area contributed by atoms with E-state index in [0.29, 0.717) is 6.04 Å². The topological polar surface area (TPSA) is 26.0 Å². The van der Waals surface area contributed by atoms with Gasteiger partial charge in [-0.05, 0) is 18.8 Å². The van der Waals surface area contributed by atoms with E-state index in [0.717, 1.165) is 5.92 Å². The smallest absolute Gasteiger partial charge is 0.00413 e. The minimum Gasteiger partial charge on any atom is -0.328 e. The van der Waals surface area contributed by atoms with Crippen LogP contribution in [0, 0.1) is 5.92 Å². The van der Waals surface area contributed by atoms with E-state index in [1.807, 2.05) is 0 Å². The van der Waals surface area contributed by atoms with E-state index in [2.05, 4.69) is 6.92 Å². The van der Waals surface area contributed by atoms with Gasteiger partial charge in [0.1, 0.15) is 0 Å². The molecule has 1 nitrogen and oxygen atoms in total. The van der Waals surface area contributed by atoms with Gasteiger partial charge in [-0.25, -0.2) is 0 Å². The lowest BCUT2D eigenvalue weighted by Crippen LogP contribution is -2.23. The molecule has 0 bridgehead atoms. The second kappa shape index (κ2) is 5.58. The van der Waals surface area contributed by atoms with Crippen LogP contribution >= 0.6 is 0 Å². The third-order valence-corrected chi connectivity index (χ3v) is 2.98. The van der Waals surface area contributed by atoms with Crippen molar-refractivity contribution in [3.63, 3.8) is 0 Å². The summed E-state index contributed by atoms with van der Waals surface area (Å²) in [6.45, 7) is 2.35. The number of hydrogen-bond donors (Lipinski definition) is 1. The maximum atomic E-state index is 6.02. The van der Waals surface area contributed by atoms with Crippen LogP contribution in [0.25, 0.3) is 0 Å². The lowest BCUT2D eigenvalue weighted by Gasteiger charge is -2.18. The van der Waals surface area contributed by atoms with E-state index < -0.39 is 0 Å². The van der Waals surface area contributed by atoms with Gasteiger partial charge in [-0.1, -0.05) is 45.4 Å². The maximum absolute atomic E-state index is 6.02. The van der Waals surface area contributed by atoms with E-state index in [1.165, 1.54) is 51.4 Å². The molecule has 0 amide bonds. The summed E-state index contributed by atoms with van der Waals surface area (Å²) in [5.41, 5.74) is 6.02. The Kier molecular flexibility index (Phi) is 4.67. The first-order valence-electron chi connectivity index (χ1n) is 5.54. The molecule has 0 heterocycles. The zero-order valence-corrected chi connectivity index (χ0v) is 8.39. The van der Waals surface area contributed by atoms with Gasteiger partial charge in [-0.15, -0.1) is 0 Å². The summed E-state index contributed by atoms with van der Waals surface area (Å²) in [5.74, 6) is 0.859. The van der Waals surface area contributed by atoms with E-state index in [9.17, 15) is 0 Å². The largest absolute Gasteiger partial charge is 0.328 e. The Balaban J connectivity index is 2.24. The van der Waals surface area contributed by atoms with Crippen molar-refractivity contribution in [1.82, 2.24) is 0 Å². The molecular weight excluding hydrogens is 146 g/mol. The quantitative estimate of drug-likeness (QED) is 0.592. The van der Waals surface area contributed by atoms with Crippen LogP contribution in [-0.2, 0) is 0 Å². The molecule has 0 spiro atoms. The van der Waals surface area contributed by atoms with Gasteiger partial charge in [0.2, 0.25) is 0 Å². The van der Waals surface area contributed by atoms with Crippen LogP contribution < -0.4 is 5.73 Å². The first-order valence-corrected chi connectivity index (χ1v) is 5.54. The third-order valence-electron chi connectivity index (χ3n) is 2.98. The van der Waals surface area contributed by atoms with Gasteiger partial charge in [0.25, 0.3) is 0 Å². The summed E-state index contributed by atoms with van der Waals surface area (Å²) < 4.78 is 0. The van der Waals surface area contributed by atoms with Gasteiger partial charge < -0.3 is 5.73 Å². The van der Waals surface area contributed by atoms with Crippen LogP contribution in [0.5, 0.6) is 0 Å². The van der Waals surface area contributed by atoms with Crippen molar-refractivity contribution < 1.29 is 0 Å². The molecule has 2 atom stereocenters. The molecule has 12 heavy (non-hydrogen) atoms. The van der Waals surface area contributed by atoms with Gasteiger partial charge >= 0.3 is 0 Å². The normalized spacial score (nSPS) is 34.5. The lowest BCUT2D eigenvalue weighted by atomic mass is 9.91. The third kappa shape index (κ3) is 4.10. The maximum Gasteiger partial charge on any atom is 0.00413 e. The molecule has 0 aromatic rings. The molecule has 1 fully saturated rings. The molecular formula is C11H23N. The number of hydrogen-bond acceptors (Lipinski definition) is 1. The van der Waals surface area contributed by atoms with E-state index in [-0.39, 0.29) is 0 Å². The summed E-state index contributed by atoms with van der Waals surface area (Å²) in [6, 6.07) is 0.484.